The van der Waals surface area contributed by atoms with E-state index in [1.807, 2.05) is 13.0 Å². The second kappa shape index (κ2) is 8.27. The molecule has 2 aromatic rings. The Labute approximate surface area is 146 Å². The normalized spacial score (nSPS) is 10.4. The van der Waals surface area contributed by atoms with Crippen molar-refractivity contribution in [3.8, 4) is 11.5 Å². The smallest absolute Gasteiger partial charge is 0.174 e. The van der Waals surface area contributed by atoms with Crippen LogP contribution in [-0.4, -0.2) is 13.7 Å². The van der Waals surface area contributed by atoms with Crippen LogP contribution in [0.3, 0.4) is 0 Å². The maximum Gasteiger partial charge on any atom is 0.174 e. The molecule has 0 bridgehead atoms. The van der Waals surface area contributed by atoms with Gasteiger partial charge in [-0.15, -0.1) is 0 Å². The molecule has 2 rings (SSSR count). The minimum absolute atomic E-state index is 0.627. The van der Waals surface area contributed by atoms with Crippen molar-refractivity contribution in [3.63, 3.8) is 0 Å². The second-order valence-electron chi connectivity index (χ2n) is 4.91. The van der Waals surface area contributed by atoms with Gasteiger partial charge in [0.25, 0.3) is 0 Å². The van der Waals surface area contributed by atoms with Gasteiger partial charge in [0.2, 0.25) is 0 Å². The first-order chi connectivity index (χ1) is 10.7. The van der Waals surface area contributed by atoms with Crippen LogP contribution in [0.1, 0.15) is 25.0 Å². The number of hydrogen-bond acceptors (Lipinski definition) is 3. The van der Waals surface area contributed by atoms with Gasteiger partial charge in [-0.3, -0.25) is 0 Å². The largest absolute Gasteiger partial charge is 0.492 e. The first-order valence-corrected chi connectivity index (χ1v) is 8.58. The third-order valence-corrected chi connectivity index (χ3v) is 4.26. The molecule has 0 aromatic heterocycles. The molecule has 0 unspecified atom stereocenters. The molecule has 3 nitrogen and oxygen atoms in total. The van der Waals surface area contributed by atoms with Crippen LogP contribution in [0.4, 0.5) is 5.69 Å². The predicted octanol–water partition coefficient (Wildman–Crippen LogP) is 4.87. The summed E-state index contributed by atoms with van der Waals surface area (Å²) in [6.07, 6.45) is 1.02. The average molecular weight is 411 g/mol. The highest BCUT2D eigenvalue weighted by molar-refractivity contribution is 14.1. The molecule has 0 aliphatic carbocycles. The monoisotopic (exact) mass is 411 g/mol. The average Bonchev–Trinajstić information content (AvgIpc) is 2.53. The van der Waals surface area contributed by atoms with E-state index in [1.165, 1.54) is 16.8 Å². The van der Waals surface area contributed by atoms with Crippen molar-refractivity contribution in [2.75, 3.05) is 19.0 Å². The summed E-state index contributed by atoms with van der Waals surface area (Å²) in [5.74, 6) is 1.61. The first kappa shape index (κ1) is 16.9. The van der Waals surface area contributed by atoms with Crippen LogP contribution < -0.4 is 14.8 Å². The Morgan fingerprint density at radius 2 is 1.91 bits per heavy atom. The highest BCUT2D eigenvalue weighted by Gasteiger charge is 2.11. The summed E-state index contributed by atoms with van der Waals surface area (Å²) in [4.78, 5) is 0. The molecule has 0 spiro atoms. The molecule has 2 aromatic carbocycles. The number of hydrogen-bond donors (Lipinski definition) is 1. The Morgan fingerprint density at radius 3 is 2.59 bits per heavy atom. The molecule has 0 fully saturated rings. The molecule has 118 valence electrons. The second-order valence-corrected chi connectivity index (χ2v) is 6.07. The fourth-order valence-corrected chi connectivity index (χ4v) is 3.27. The van der Waals surface area contributed by atoms with Gasteiger partial charge in [-0.05, 0) is 65.3 Å². The molecule has 0 saturated heterocycles. The van der Waals surface area contributed by atoms with E-state index in [-0.39, 0.29) is 0 Å². The van der Waals surface area contributed by atoms with E-state index >= 15 is 0 Å². The van der Waals surface area contributed by atoms with Gasteiger partial charge in [-0.2, -0.15) is 0 Å². The van der Waals surface area contributed by atoms with Gasteiger partial charge in [0.15, 0.2) is 11.5 Å². The van der Waals surface area contributed by atoms with E-state index in [4.69, 9.17) is 9.47 Å². The zero-order valence-electron chi connectivity index (χ0n) is 13.3. The molecular weight excluding hydrogens is 389 g/mol. The standard InChI is InChI=1S/C18H22INO2/c1-4-14-8-6-7-9-16(14)20-12-13-10-15(19)18(21-3)17(11-13)22-5-2/h6-11,20H,4-5,12H2,1-3H3. The van der Waals surface area contributed by atoms with Crippen molar-refractivity contribution < 1.29 is 9.47 Å². The maximum absolute atomic E-state index is 5.69. The summed E-state index contributed by atoms with van der Waals surface area (Å²) < 4.78 is 12.2. The lowest BCUT2D eigenvalue weighted by molar-refractivity contribution is 0.309. The van der Waals surface area contributed by atoms with Crippen LogP contribution in [0.5, 0.6) is 11.5 Å². The summed E-state index contributed by atoms with van der Waals surface area (Å²) in [5, 5.41) is 3.51. The van der Waals surface area contributed by atoms with Crippen molar-refractivity contribution in [3.05, 3.63) is 51.1 Å². The van der Waals surface area contributed by atoms with Crippen molar-refractivity contribution in [2.24, 2.45) is 0 Å². The van der Waals surface area contributed by atoms with Crippen LogP contribution in [0.2, 0.25) is 0 Å². The molecule has 0 aliphatic heterocycles. The summed E-state index contributed by atoms with van der Waals surface area (Å²) in [6.45, 7) is 5.54. The fraction of sp³-hybridized carbons (Fsp3) is 0.333. The number of anilines is 1. The van der Waals surface area contributed by atoms with E-state index in [0.29, 0.717) is 6.61 Å². The summed E-state index contributed by atoms with van der Waals surface area (Å²) in [6, 6.07) is 12.6. The van der Waals surface area contributed by atoms with Crippen LogP contribution in [-0.2, 0) is 13.0 Å². The Hall–Kier alpha value is -1.43. The molecule has 0 radical (unpaired) electrons. The lowest BCUT2D eigenvalue weighted by Gasteiger charge is -2.15. The van der Waals surface area contributed by atoms with Gasteiger partial charge < -0.3 is 14.8 Å². The van der Waals surface area contributed by atoms with Crippen molar-refractivity contribution >= 4 is 28.3 Å². The van der Waals surface area contributed by atoms with Crippen molar-refractivity contribution in [1.29, 1.82) is 0 Å². The summed E-state index contributed by atoms with van der Waals surface area (Å²) in [7, 11) is 1.68. The highest BCUT2D eigenvalue weighted by Crippen LogP contribution is 2.34. The number of nitrogens with one attached hydrogen (secondary N) is 1. The maximum atomic E-state index is 5.69. The van der Waals surface area contributed by atoms with Gasteiger partial charge in [-0.1, -0.05) is 25.1 Å². The lowest BCUT2D eigenvalue weighted by atomic mass is 10.1. The number of rotatable bonds is 7. The van der Waals surface area contributed by atoms with Gasteiger partial charge in [0, 0.05) is 12.2 Å². The summed E-state index contributed by atoms with van der Waals surface area (Å²) >= 11 is 2.29. The quantitative estimate of drug-likeness (QED) is 0.660. The minimum atomic E-state index is 0.627. The van der Waals surface area contributed by atoms with Crippen LogP contribution in [0, 0.1) is 3.57 Å². The molecule has 1 N–H and O–H groups in total. The SMILES string of the molecule is CCOc1cc(CNc2ccccc2CC)cc(I)c1OC. The number of para-hydroxylation sites is 1. The molecular formula is C18H22INO2. The van der Waals surface area contributed by atoms with Crippen molar-refractivity contribution in [1.82, 2.24) is 0 Å². The van der Waals surface area contributed by atoms with Crippen LogP contribution >= 0.6 is 22.6 Å². The Balaban J connectivity index is 2.19. The molecule has 4 heteroatoms. The molecule has 22 heavy (non-hydrogen) atoms. The lowest BCUT2D eigenvalue weighted by Crippen LogP contribution is -2.04. The van der Waals surface area contributed by atoms with E-state index < -0.39 is 0 Å². The number of aryl methyl sites for hydroxylation is 1. The van der Waals surface area contributed by atoms with E-state index in [9.17, 15) is 0 Å². The Morgan fingerprint density at radius 1 is 1.14 bits per heavy atom. The van der Waals surface area contributed by atoms with E-state index in [1.54, 1.807) is 7.11 Å². The third kappa shape index (κ3) is 4.06. The van der Waals surface area contributed by atoms with Gasteiger partial charge >= 0.3 is 0 Å². The first-order valence-electron chi connectivity index (χ1n) is 7.50. The zero-order chi connectivity index (χ0) is 15.9. The minimum Gasteiger partial charge on any atom is -0.492 e. The van der Waals surface area contributed by atoms with Gasteiger partial charge in [0.1, 0.15) is 0 Å². The number of ether oxygens (including phenoxy) is 2. The molecule has 0 amide bonds. The van der Waals surface area contributed by atoms with E-state index in [0.717, 1.165) is 28.0 Å². The molecule has 0 heterocycles. The number of methoxy groups -OCH3 is 1. The zero-order valence-corrected chi connectivity index (χ0v) is 15.4. The van der Waals surface area contributed by atoms with Gasteiger partial charge in [0.05, 0.1) is 17.3 Å². The Bertz CT molecular complexity index is 628. The predicted molar refractivity (Wildman–Crippen MR) is 100 cm³/mol. The third-order valence-electron chi connectivity index (χ3n) is 3.45. The topological polar surface area (TPSA) is 30.5 Å². The Kier molecular flexibility index (Phi) is 6.36. The fourth-order valence-electron chi connectivity index (χ4n) is 2.38. The van der Waals surface area contributed by atoms with Crippen molar-refractivity contribution in [2.45, 2.75) is 26.8 Å². The molecule has 0 aliphatic rings. The number of halogens is 1. The molecule has 0 saturated carbocycles. The van der Waals surface area contributed by atoms with Crippen LogP contribution in [0.15, 0.2) is 36.4 Å². The summed E-state index contributed by atoms with van der Waals surface area (Å²) in [5.41, 5.74) is 3.70. The molecule has 0 atom stereocenters. The van der Waals surface area contributed by atoms with Gasteiger partial charge in [-0.25, -0.2) is 0 Å². The highest BCUT2D eigenvalue weighted by atomic mass is 127. The number of benzene rings is 2. The van der Waals surface area contributed by atoms with Crippen LogP contribution in [0.25, 0.3) is 0 Å². The van der Waals surface area contributed by atoms with E-state index in [2.05, 4.69) is 65.2 Å².